The third-order valence-corrected chi connectivity index (χ3v) is 5.62. The van der Waals surface area contributed by atoms with Crippen molar-refractivity contribution in [2.45, 2.75) is 50.9 Å². The quantitative estimate of drug-likeness (QED) is 0.541. The molecule has 1 saturated carbocycles. The summed E-state index contributed by atoms with van der Waals surface area (Å²) in [6.45, 7) is 4.18. The summed E-state index contributed by atoms with van der Waals surface area (Å²) in [5, 5.41) is 6.10. The second kappa shape index (κ2) is 9.57. The Balaban J connectivity index is 1.58. The van der Waals surface area contributed by atoms with Crippen LogP contribution < -0.4 is 15.4 Å². The topological polar surface area (TPSA) is 66.0 Å². The van der Waals surface area contributed by atoms with Gasteiger partial charge in [0.25, 0.3) is 0 Å². The summed E-state index contributed by atoms with van der Waals surface area (Å²) in [5.74, 6) is 1.04. The van der Waals surface area contributed by atoms with E-state index in [4.69, 9.17) is 0 Å². The molecule has 6 nitrogen and oxygen atoms in total. The van der Waals surface area contributed by atoms with Gasteiger partial charge in [0.1, 0.15) is 5.75 Å². The number of rotatable bonds is 6. The van der Waals surface area contributed by atoms with Gasteiger partial charge in [0.05, 0.1) is 0 Å². The number of alkyl halides is 3. The van der Waals surface area contributed by atoms with Crippen LogP contribution in [0.1, 0.15) is 44.1 Å². The molecular formula is C21H29F3N4O2. The van der Waals surface area contributed by atoms with Crippen LogP contribution in [0.5, 0.6) is 5.75 Å². The maximum Gasteiger partial charge on any atom is 0.573 e. The average Bonchev–Trinajstić information content (AvgIpc) is 3.46. The molecular weight excluding hydrogens is 397 g/mol. The van der Waals surface area contributed by atoms with Gasteiger partial charge in [-0.15, -0.1) is 13.2 Å². The van der Waals surface area contributed by atoms with Gasteiger partial charge in [0.2, 0.25) is 5.91 Å². The second-order valence-electron chi connectivity index (χ2n) is 7.78. The van der Waals surface area contributed by atoms with Crippen molar-refractivity contribution in [3.63, 3.8) is 0 Å². The van der Waals surface area contributed by atoms with Gasteiger partial charge in [0.15, 0.2) is 5.96 Å². The molecule has 2 N–H and O–H groups in total. The van der Waals surface area contributed by atoms with Crippen molar-refractivity contribution in [3.8, 4) is 5.75 Å². The van der Waals surface area contributed by atoms with Gasteiger partial charge < -0.3 is 20.3 Å². The fraction of sp³-hybridized carbons (Fsp3) is 0.619. The number of benzene rings is 1. The fourth-order valence-corrected chi connectivity index (χ4v) is 3.97. The molecule has 0 aromatic heterocycles. The highest BCUT2D eigenvalue weighted by Gasteiger charge is 2.43. The summed E-state index contributed by atoms with van der Waals surface area (Å²) in [5.41, 5.74) is 0.562. The molecule has 1 aliphatic heterocycles. The number of nitrogens with zero attached hydrogens (tertiary/aromatic N) is 2. The molecule has 3 rings (SSSR count). The van der Waals surface area contributed by atoms with E-state index in [0.29, 0.717) is 24.4 Å². The van der Waals surface area contributed by atoms with Crippen molar-refractivity contribution in [2.75, 3.05) is 26.7 Å². The van der Waals surface area contributed by atoms with Crippen LogP contribution in [0, 0.1) is 5.92 Å². The minimum atomic E-state index is -4.71. The molecule has 166 valence electrons. The number of halogens is 3. The van der Waals surface area contributed by atoms with E-state index in [0.717, 1.165) is 38.3 Å². The highest BCUT2D eigenvalue weighted by Crippen LogP contribution is 2.45. The van der Waals surface area contributed by atoms with E-state index >= 15 is 0 Å². The smallest absolute Gasteiger partial charge is 0.405 e. The Labute approximate surface area is 174 Å². The van der Waals surface area contributed by atoms with Gasteiger partial charge in [0, 0.05) is 45.1 Å². The molecule has 1 saturated heterocycles. The van der Waals surface area contributed by atoms with E-state index in [9.17, 15) is 18.0 Å². The number of likely N-dealkylation sites (tertiary alicyclic amines) is 1. The lowest BCUT2D eigenvalue weighted by Crippen LogP contribution is -2.47. The monoisotopic (exact) mass is 426 g/mol. The SMILES string of the molecule is CCN=C(NC1CC1c1ccccc1OC(F)(F)F)N1CCC(CC(=O)NC)CC1. The van der Waals surface area contributed by atoms with Crippen LogP contribution in [0.2, 0.25) is 0 Å². The zero-order valence-corrected chi connectivity index (χ0v) is 17.3. The molecule has 1 amide bonds. The highest BCUT2D eigenvalue weighted by atomic mass is 19.4. The van der Waals surface area contributed by atoms with E-state index < -0.39 is 6.36 Å². The second-order valence-corrected chi connectivity index (χ2v) is 7.78. The molecule has 0 spiro atoms. The van der Waals surface area contributed by atoms with Gasteiger partial charge in [-0.05, 0) is 43.7 Å². The number of hydrogen-bond acceptors (Lipinski definition) is 3. The first-order chi connectivity index (χ1) is 14.3. The summed E-state index contributed by atoms with van der Waals surface area (Å²) in [7, 11) is 1.65. The molecule has 0 radical (unpaired) electrons. The predicted molar refractivity (Wildman–Crippen MR) is 108 cm³/mol. The number of carbonyl (C=O) groups is 1. The van der Waals surface area contributed by atoms with E-state index in [1.54, 1.807) is 25.2 Å². The Morgan fingerprint density at radius 3 is 2.60 bits per heavy atom. The van der Waals surface area contributed by atoms with Gasteiger partial charge in [-0.25, -0.2) is 0 Å². The molecule has 1 aliphatic carbocycles. The Hall–Kier alpha value is -2.45. The Morgan fingerprint density at radius 2 is 1.97 bits per heavy atom. The molecule has 1 heterocycles. The van der Waals surface area contributed by atoms with Crippen LogP contribution in [0.4, 0.5) is 13.2 Å². The Morgan fingerprint density at radius 1 is 1.27 bits per heavy atom. The average molecular weight is 426 g/mol. The zero-order valence-electron chi connectivity index (χ0n) is 17.3. The highest BCUT2D eigenvalue weighted by molar-refractivity contribution is 5.81. The Bertz CT molecular complexity index is 761. The molecule has 1 aromatic rings. The van der Waals surface area contributed by atoms with Crippen LogP contribution in [0.25, 0.3) is 0 Å². The minimum absolute atomic E-state index is 0.0249. The fourth-order valence-electron chi connectivity index (χ4n) is 3.97. The normalized spacial score (nSPS) is 22.6. The molecule has 9 heteroatoms. The van der Waals surface area contributed by atoms with Gasteiger partial charge in [-0.2, -0.15) is 0 Å². The van der Waals surface area contributed by atoms with Gasteiger partial charge in [-0.3, -0.25) is 9.79 Å². The molecule has 1 aromatic carbocycles. The number of ether oxygens (including phenoxy) is 1. The van der Waals surface area contributed by atoms with E-state index in [1.165, 1.54) is 6.07 Å². The largest absolute Gasteiger partial charge is 0.573 e. The van der Waals surface area contributed by atoms with Crippen LogP contribution in [-0.4, -0.2) is 55.9 Å². The molecule has 2 aliphatic rings. The van der Waals surface area contributed by atoms with Crippen LogP contribution in [0.3, 0.4) is 0 Å². The van der Waals surface area contributed by atoms with E-state index in [-0.39, 0.29) is 23.6 Å². The summed E-state index contributed by atoms with van der Waals surface area (Å²) in [6, 6.07) is 6.34. The molecule has 2 atom stereocenters. The van der Waals surface area contributed by atoms with Crippen LogP contribution in [-0.2, 0) is 4.79 Å². The maximum absolute atomic E-state index is 12.7. The van der Waals surface area contributed by atoms with Gasteiger partial charge >= 0.3 is 6.36 Å². The van der Waals surface area contributed by atoms with Crippen molar-refractivity contribution >= 4 is 11.9 Å². The number of nitrogens with one attached hydrogen (secondary N) is 2. The number of guanidine groups is 1. The molecule has 30 heavy (non-hydrogen) atoms. The van der Waals surface area contributed by atoms with Crippen molar-refractivity contribution in [2.24, 2.45) is 10.9 Å². The maximum atomic E-state index is 12.7. The van der Waals surface area contributed by atoms with Crippen molar-refractivity contribution in [1.29, 1.82) is 0 Å². The summed E-state index contributed by atoms with van der Waals surface area (Å²) in [6.07, 6.45) is -1.61. The van der Waals surface area contributed by atoms with Crippen LogP contribution in [0.15, 0.2) is 29.3 Å². The molecule has 2 unspecified atom stereocenters. The first-order valence-electron chi connectivity index (χ1n) is 10.4. The molecule has 2 fully saturated rings. The van der Waals surface area contributed by atoms with E-state index in [2.05, 4.69) is 25.3 Å². The standard InChI is InChI=1S/C21H29F3N4O2/c1-3-26-20(28-10-8-14(9-11-28)12-19(29)25-2)27-17-13-16(17)15-6-4-5-7-18(15)30-21(22,23)24/h4-7,14,16-17H,3,8-13H2,1-2H3,(H,25,29)(H,26,27). The first kappa shape index (κ1) is 22.2. The number of aliphatic imine (C=N–C) groups is 1. The number of hydrogen-bond donors (Lipinski definition) is 2. The lowest BCUT2D eigenvalue weighted by Gasteiger charge is -2.34. The molecule has 0 bridgehead atoms. The third kappa shape index (κ3) is 6.03. The van der Waals surface area contributed by atoms with Crippen LogP contribution >= 0.6 is 0 Å². The summed E-state index contributed by atoms with van der Waals surface area (Å²) in [4.78, 5) is 18.4. The van der Waals surface area contributed by atoms with Crippen molar-refractivity contribution < 1.29 is 22.7 Å². The lowest BCUT2D eigenvalue weighted by molar-refractivity contribution is -0.274. The van der Waals surface area contributed by atoms with Crippen molar-refractivity contribution in [3.05, 3.63) is 29.8 Å². The third-order valence-electron chi connectivity index (χ3n) is 5.62. The number of para-hydroxylation sites is 1. The summed E-state index contributed by atoms with van der Waals surface area (Å²) >= 11 is 0. The minimum Gasteiger partial charge on any atom is -0.405 e. The van der Waals surface area contributed by atoms with E-state index in [1.807, 2.05) is 6.92 Å². The number of amides is 1. The van der Waals surface area contributed by atoms with Gasteiger partial charge in [-0.1, -0.05) is 18.2 Å². The first-order valence-corrected chi connectivity index (χ1v) is 10.4. The lowest BCUT2D eigenvalue weighted by atomic mass is 9.93. The zero-order chi connectivity index (χ0) is 21.7. The Kier molecular flexibility index (Phi) is 7.10. The predicted octanol–water partition coefficient (Wildman–Crippen LogP) is 3.25. The van der Waals surface area contributed by atoms with Crippen molar-refractivity contribution in [1.82, 2.24) is 15.5 Å². The number of carbonyl (C=O) groups excluding carboxylic acids is 1. The number of piperidine rings is 1. The summed E-state index contributed by atoms with van der Waals surface area (Å²) < 4.78 is 42.3.